The minimum atomic E-state index is -0.172. The Kier molecular flexibility index (Phi) is 2.83. The first-order chi connectivity index (χ1) is 9.15. The molecule has 0 atom stereocenters. The van der Waals surface area contributed by atoms with Gasteiger partial charge in [0.25, 0.3) is 5.91 Å². The second kappa shape index (κ2) is 4.51. The fraction of sp³-hybridized carbons (Fsp3) is 0.286. The van der Waals surface area contributed by atoms with E-state index in [0.717, 1.165) is 24.3 Å². The molecule has 0 spiro atoms. The van der Waals surface area contributed by atoms with Gasteiger partial charge in [-0.05, 0) is 37.1 Å². The number of nitrogens with one attached hydrogen (secondary N) is 2. The third-order valence-electron chi connectivity index (χ3n) is 3.48. The lowest BCUT2D eigenvalue weighted by atomic mass is 10.1. The molecule has 0 aliphatic carbocycles. The first kappa shape index (κ1) is 11.9. The first-order valence-corrected chi connectivity index (χ1v) is 6.22. The monoisotopic (exact) mass is 257 g/mol. The lowest BCUT2D eigenvalue weighted by molar-refractivity contribution is 0.102. The summed E-state index contributed by atoms with van der Waals surface area (Å²) in [6.45, 7) is 5.40. The number of hydrogen-bond donors (Lipinski definition) is 2. The molecular weight excluding hydrogens is 242 g/mol. The number of anilines is 1. The number of carbonyl (C=O) groups excluding carboxylic acids is 1. The molecule has 1 aliphatic rings. The maximum Gasteiger partial charge on any atom is 0.258 e. The van der Waals surface area contributed by atoms with Crippen LogP contribution in [0.4, 0.5) is 5.88 Å². The summed E-state index contributed by atoms with van der Waals surface area (Å²) in [6, 6.07) is 5.74. The van der Waals surface area contributed by atoms with E-state index < -0.39 is 0 Å². The predicted octanol–water partition coefficient (Wildman–Crippen LogP) is 2.15. The van der Waals surface area contributed by atoms with E-state index in [-0.39, 0.29) is 5.91 Å². The molecule has 0 saturated carbocycles. The number of aryl methyl sites for hydroxylation is 1. The average molecular weight is 257 g/mol. The normalized spacial score (nSPS) is 13.4. The number of carbonyl (C=O) groups is 1. The summed E-state index contributed by atoms with van der Waals surface area (Å²) in [5, 5.41) is 9.83. The molecule has 19 heavy (non-hydrogen) atoms. The minimum absolute atomic E-state index is 0.172. The summed E-state index contributed by atoms with van der Waals surface area (Å²) in [4.78, 5) is 12.2. The van der Waals surface area contributed by atoms with Crippen molar-refractivity contribution in [1.29, 1.82) is 0 Å². The highest BCUT2D eigenvalue weighted by molar-refractivity contribution is 6.04. The number of nitrogens with zero attached hydrogens (tertiary/aromatic N) is 1. The zero-order chi connectivity index (χ0) is 13.4. The molecule has 1 aromatic carbocycles. The number of rotatable bonds is 2. The Morgan fingerprint density at radius 2 is 2.11 bits per heavy atom. The third-order valence-corrected chi connectivity index (χ3v) is 3.48. The maximum absolute atomic E-state index is 12.2. The molecule has 1 aromatic heterocycles. The van der Waals surface area contributed by atoms with Crippen LogP contribution in [0.15, 0.2) is 22.7 Å². The van der Waals surface area contributed by atoms with Crippen molar-refractivity contribution < 1.29 is 9.32 Å². The smallest absolute Gasteiger partial charge is 0.258 e. The summed E-state index contributed by atoms with van der Waals surface area (Å²) >= 11 is 0. The molecule has 0 saturated heterocycles. The van der Waals surface area contributed by atoms with E-state index in [2.05, 4.69) is 15.8 Å². The van der Waals surface area contributed by atoms with E-state index in [0.29, 0.717) is 11.4 Å². The summed E-state index contributed by atoms with van der Waals surface area (Å²) < 4.78 is 5.09. The van der Waals surface area contributed by atoms with Crippen molar-refractivity contribution in [2.45, 2.75) is 26.9 Å². The Hall–Kier alpha value is -2.14. The first-order valence-electron chi connectivity index (χ1n) is 6.22. The number of benzene rings is 1. The van der Waals surface area contributed by atoms with Gasteiger partial charge in [-0.2, -0.15) is 0 Å². The van der Waals surface area contributed by atoms with E-state index in [1.165, 1.54) is 11.1 Å². The van der Waals surface area contributed by atoms with Crippen molar-refractivity contribution >= 4 is 11.8 Å². The van der Waals surface area contributed by atoms with Gasteiger partial charge in [0.1, 0.15) is 0 Å². The van der Waals surface area contributed by atoms with Crippen molar-refractivity contribution in [3.05, 3.63) is 46.1 Å². The van der Waals surface area contributed by atoms with Crippen LogP contribution < -0.4 is 10.6 Å². The Labute approximate surface area is 111 Å². The largest absolute Gasteiger partial charge is 0.338 e. The molecule has 2 aromatic rings. The number of fused-ring (bicyclic) bond motifs is 1. The molecule has 2 heterocycles. The fourth-order valence-electron chi connectivity index (χ4n) is 2.14. The summed E-state index contributed by atoms with van der Waals surface area (Å²) in [6.07, 6.45) is 0. The van der Waals surface area contributed by atoms with E-state index in [1.807, 2.05) is 32.0 Å². The Morgan fingerprint density at radius 1 is 1.32 bits per heavy atom. The zero-order valence-electron chi connectivity index (χ0n) is 10.9. The molecule has 0 radical (unpaired) electrons. The van der Waals surface area contributed by atoms with E-state index in [1.54, 1.807) is 0 Å². The van der Waals surface area contributed by atoms with Gasteiger partial charge < -0.3 is 9.84 Å². The molecule has 5 nitrogen and oxygen atoms in total. The number of hydrogen-bond acceptors (Lipinski definition) is 4. The quantitative estimate of drug-likeness (QED) is 0.865. The Balaban J connectivity index is 1.83. The molecule has 0 unspecified atom stereocenters. The van der Waals surface area contributed by atoms with Crippen molar-refractivity contribution in [3.8, 4) is 0 Å². The van der Waals surface area contributed by atoms with Crippen LogP contribution in [-0.2, 0) is 13.1 Å². The number of aromatic nitrogens is 1. The van der Waals surface area contributed by atoms with Gasteiger partial charge in [-0.3, -0.25) is 10.1 Å². The highest BCUT2D eigenvalue weighted by Gasteiger charge is 2.16. The maximum atomic E-state index is 12.2. The van der Waals surface area contributed by atoms with Crippen LogP contribution >= 0.6 is 0 Å². The zero-order valence-corrected chi connectivity index (χ0v) is 10.9. The van der Waals surface area contributed by atoms with Crippen LogP contribution in [0.3, 0.4) is 0 Å². The van der Waals surface area contributed by atoms with E-state index in [9.17, 15) is 4.79 Å². The molecule has 2 N–H and O–H groups in total. The van der Waals surface area contributed by atoms with Gasteiger partial charge in [-0.25, -0.2) is 0 Å². The minimum Gasteiger partial charge on any atom is -0.338 e. The number of amides is 1. The molecule has 5 heteroatoms. The Bertz CT molecular complexity index is 646. The summed E-state index contributed by atoms with van der Waals surface area (Å²) in [7, 11) is 0. The molecule has 1 aliphatic heterocycles. The van der Waals surface area contributed by atoms with Gasteiger partial charge in [0, 0.05) is 24.2 Å². The van der Waals surface area contributed by atoms with Gasteiger partial charge in [0.2, 0.25) is 5.88 Å². The highest BCUT2D eigenvalue weighted by Crippen LogP contribution is 2.20. The van der Waals surface area contributed by atoms with Crippen LogP contribution in [0.5, 0.6) is 0 Å². The van der Waals surface area contributed by atoms with Crippen molar-refractivity contribution in [2.24, 2.45) is 0 Å². The van der Waals surface area contributed by atoms with Crippen LogP contribution in [0.2, 0.25) is 0 Å². The topological polar surface area (TPSA) is 67.2 Å². The fourth-order valence-corrected chi connectivity index (χ4v) is 2.14. The van der Waals surface area contributed by atoms with Crippen molar-refractivity contribution in [3.63, 3.8) is 0 Å². The highest BCUT2D eigenvalue weighted by atomic mass is 16.5. The predicted molar refractivity (Wildman–Crippen MR) is 70.9 cm³/mol. The van der Waals surface area contributed by atoms with Gasteiger partial charge >= 0.3 is 0 Å². The second-order valence-electron chi connectivity index (χ2n) is 4.76. The molecule has 98 valence electrons. The molecule has 1 amide bonds. The SMILES string of the molecule is Cc1noc(NC(=O)c2ccc3c(c2)CNC3)c1C. The van der Waals surface area contributed by atoms with Gasteiger partial charge in [-0.15, -0.1) is 0 Å². The van der Waals surface area contributed by atoms with Crippen LogP contribution in [-0.4, -0.2) is 11.1 Å². The standard InChI is InChI=1S/C14H15N3O2/c1-8-9(2)17-19-14(8)16-13(18)10-3-4-11-6-15-7-12(11)5-10/h3-5,15H,6-7H2,1-2H3,(H,16,18). The van der Waals surface area contributed by atoms with Crippen LogP contribution in [0.1, 0.15) is 32.7 Å². The lowest BCUT2D eigenvalue weighted by Crippen LogP contribution is -2.12. The van der Waals surface area contributed by atoms with Gasteiger partial charge in [0.05, 0.1) is 5.69 Å². The van der Waals surface area contributed by atoms with Gasteiger partial charge in [-0.1, -0.05) is 11.2 Å². The van der Waals surface area contributed by atoms with E-state index in [4.69, 9.17) is 4.52 Å². The third kappa shape index (κ3) is 2.13. The Morgan fingerprint density at radius 3 is 2.84 bits per heavy atom. The molecule has 0 fully saturated rings. The summed E-state index contributed by atoms with van der Waals surface area (Å²) in [5.74, 6) is 0.245. The van der Waals surface area contributed by atoms with Crippen LogP contribution in [0, 0.1) is 13.8 Å². The van der Waals surface area contributed by atoms with Crippen molar-refractivity contribution in [1.82, 2.24) is 10.5 Å². The second-order valence-corrected chi connectivity index (χ2v) is 4.76. The molecule has 0 bridgehead atoms. The summed E-state index contributed by atoms with van der Waals surface area (Å²) in [5.41, 5.74) is 4.71. The van der Waals surface area contributed by atoms with Crippen molar-refractivity contribution in [2.75, 3.05) is 5.32 Å². The lowest BCUT2D eigenvalue weighted by Gasteiger charge is -2.04. The molecule has 3 rings (SSSR count). The molecular formula is C14H15N3O2. The van der Waals surface area contributed by atoms with Crippen LogP contribution in [0.25, 0.3) is 0 Å². The van der Waals surface area contributed by atoms with Gasteiger partial charge in [0.15, 0.2) is 0 Å². The van der Waals surface area contributed by atoms with E-state index >= 15 is 0 Å². The average Bonchev–Trinajstić information content (AvgIpc) is 2.99.